The monoisotopic (exact) mass is 400 g/mol. The van der Waals surface area contributed by atoms with E-state index in [1.54, 1.807) is 23.6 Å². The summed E-state index contributed by atoms with van der Waals surface area (Å²) in [5.41, 5.74) is -0.418. The Labute approximate surface area is 165 Å². The molecule has 3 rings (SSSR count). The van der Waals surface area contributed by atoms with Crippen LogP contribution in [0.3, 0.4) is 0 Å². The molecule has 0 aromatic heterocycles. The fourth-order valence-electron chi connectivity index (χ4n) is 3.05. The molecule has 2 aliphatic rings. The van der Waals surface area contributed by atoms with Gasteiger partial charge in [0, 0.05) is 6.54 Å². The first-order chi connectivity index (χ1) is 13.9. The third-order valence-corrected chi connectivity index (χ3v) is 4.31. The van der Waals surface area contributed by atoms with Crippen molar-refractivity contribution in [2.24, 2.45) is 0 Å². The van der Waals surface area contributed by atoms with Crippen LogP contribution >= 0.6 is 0 Å². The molecule has 2 aliphatic heterocycles. The topological polar surface area (TPSA) is 122 Å². The van der Waals surface area contributed by atoms with Crippen LogP contribution in [0.2, 0.25) is 0 Å². The summed E-state index contributed by atoms with van der Waals surface area (Å²) < 4.78 is 11.9. The van der Waals surface area contributed by atoms with Crippen molar-refractivity contribution in [3.63, 3.8) is 0 Å². The summed E-state index contributed by atoms with van der Waals surface area (Å²) in [6.07, 6.45) is 0.708. The summed E-state index contributed by atoms with van der Waals surface area (Å²) in [6, 6.07) is 4.75. The van der Waals surface area contributed by atoms with E-state index in [1.807, 2.05) is 6.92 Å². The SMILES string of the molecule is CCCn1c2nc(=O)n(CC(=O)OCC)c(=O)c-2nc2cc(C(=O)OC)ccc21. The Kier molecular flexibility index (Phi) is 5.71. The maximum absolute atomic E-state index is 12.9. The van der Waals surface area contributed by atoms with Gasteiger partial charge in [0.05, 0.1) is 30.3 Å². The van der Waals surface area contributed by atoms with Crippen molar-refractivity contribution in [1.29, 1.82) is 0 Å². The molecule has 29 heavy (non-hydrogen) atoms. The second-order valence-corrected chi connectivity index (χ2v) is 6.22. The number of hydrogen-bond acceptors (Lipinski definition) is 8. The van der Waals surface area contributed by atoms with Crippen molar-refractivity contribution in [1.82, 2.24) is 19.1 Å². The van der Waals surface area contributed by atoms with Gasteiger partial charge in [-0.15, -0.1) is 0 Å². The van der Waals surface area contributed by atoms with Gasteiger partial charge in [-0.1, -0.05) is 6.92 Å². The lowest BCUT2D eigenvalue weighted by molar-refractivity contribution is -0.143. The van der Waals surface area contributed by atoms with Crippen LogP contribution in [0.25, 0.3) is 22.6 Å². The first-order valence-corrected chi connectivity index (χ1v) is 9.10. The molecule has 0 unspecified atom stereocenters. The number of nitrogens with zero attached hydrogens (tertiary/aromatic N) is 4. The molecule has 0 amide bonds. The van der Waals surface area contributed by atoms with Gasteiger partial charge < -0.3 is 14.0 Å². The van der Waals surface area contributed by atoms with Crippen molar-refractivity contribution in [2.75, 3.05) is 13.7 Å². The number of benzene rings is 1. The number of aryl methyl sites for hydroxylation is 1. The van der Waals surface area contributed by atoms with Gasteiger partial charge in [0.2, 0.25) is 0 Å². The number of rotatable bonds is 6. The van der Waals surface area contributed by atoms with Gasteiger partial charge in [-0.2, -0.15) is 4.98 Å². The second-order valence-electron chi connectivity index (χ2n) is 6.22. The van der Waals surface area contributed by atoms with Crippen LogP contribution in [-0.2, 0) is 27.4 Å². The standard InChI is InChI=1S/C19H20N4O6/c1-4-8-22-13-7-6-11(18(26)28-3)9-12(13)20-15-16(22)21-19(27)23(17(15)25)10-14(24)29-5-2/h6-7,9H,4-5,8,10H2,1-3H3. The Balaban J connectivity index is 2.32. The summed E-state index contributed by atoms with van der Waals surface area (Å²) in [4.78, 5) is 57.3. The number of ether oxygens (including phenoxy) is 2. The van der Waals surface area contributed by atoms with Crippen molar-refractivity contribution in [3.8, 4) is 11.5 Å². The highest BCUT2D eigenvalue weighted by Crippen LogP contribution is 2.22. The van der Waals surface area contributed by atoms with Crippen molar-refractivity contribution < 1.29 is 19.1 Å². The molecule has 0 N–H and O–H groups in total. The lowest BCUT2D eigenvalue weighted by Gasteiger charge is -2.17. The molecular formula is C19H20N4O6. The molecule has 0 bridgehead atoms. The highest BCUT2D eigenvalue weighted by molar-refractivity contribution is 5.94. The van der Waals surface area contributed by atoms with Gasteiger partial charge >= 0.3 is 17.6 Å². The maximum atomic E-state index is 12.9. The zero-order valence-electron chi connectivity index (χ0n) is 16.3. The number of aromatic nitrogens is 4. The average Bonchev–Trinajstić information content (AvgIpc) is 2.71. The quantitative estimate of drug-likeness (QED) is 0.440. The maximum Gasteiger partial charge on any atom is 0.353 e. The minimum Gasteiger partial charge on any atom is -0.465 e. The summed E-state index contributed by atoms with van der Waals surface area (Å²) in [5.74, 6) is -1.13. The van der Waals surface area contributed by atoms with E-state index in [0.717, 1.165) is 0 Å². The number of hydrogen-bond donors (Lipinski definition) is 0. The first kappa shape index (κ1) is 20.2. The molecular weight excluding hydrogens is 380 g/mol. The Morgan fingerprint density at radius 2 is 1.86 bits per heavy atom. The molecule has 10 heteroatoms. The van der Waals surface area contributed by atoms with Crippen LogP contribution in [0.15, 0.2) is 27.8 Å². The Bertz CT molecular complexity index is 1180. The normalized spacial score (nSPS) is 11.0. The van der Waals surface area contributed by atoms with Gasteiger partial charge in [0.25, 0.3) is 5.56 Å². The summed E-state index contributed by atoms with van der Waals surface area (Å²) in [6.45, 7) is 3.61. The molecule has 152 valence electrons. The van der Waals surface area contributed by atoms with Crippen LogP contribution < -0.4 is 11.2 Å². The van der Waals surface area contributed by atoms with E-state index in [2.05, 4.69) is 9.97 Å². The zero-order chi connectivity index (χ0) is 21.1. The predicted octanol–water partition coefficient (Wildman–Crippen LogP) is 0.818. The third kappa shape index (κ3) is 3.73. The number of carbonyl (C=O) groups is 2. The van der Waals surface area contributed by atoms with Crippen molar-refractivity contribution >= 4 is 23.0 Å². The molecule has 0 atom stereocenters. The Hall–Kier alpha value is -3.56. The highest BCUT2D eigenvalue weighted by atomic mass is 16.5. The fraction of sp³-hybridized carbons (Fsp3) is 0.368. The van der Waals surface area contributed by atoms with E-state index in [4.69, 9.17) is 9.47 Å². The minimum absolute atomic E-state index is 0.0723. The molecule has 0 radical (unpaired) electrons. The van der Waals surface area contributed by atoms with E-state index in [-0.39, 0.29) is 23.7 Å². The van der Waals surface area contributed by atoms with E-state index in [0.29, 0.717) is 28.6 Å². The van der Waals surface area contributed by atoms with E-state index in [9.17, 15) is 19.2 Å². The summed E-state index contributed by atoms with van der Waals surface area (Å²) >= 11 is 0. The fourth-order valence-corrected chi connectivity index (χ4v) is 3.05. The lowest BCUT2D eigenvalue weighted by atomic mass is 10.1. The number of esters is 2. The predicted molar refractivity (Wildman–Crippen MR) is 103 cm³/mol. The number of carbonyl (C=O) groups excluding carboxylic acids is 2. The molecule has 0 fully saturated rings. The Morgan fingerprint density at radius 3 is 2.52 bits per heavy atom. The minimum atomic E-state index is -0.854. The average molecular weight is 400 g/mol. The van der Waals surface area contributed by atoms with Gasteiger partial charge in [0.15, 0.2) is 11.5 Å². The van der Waals surface area contributed by atoms with Crippen LogP contribution in [0.1, 0.15) is 30.6 Å². The molecule has 10 nitrogen and oxygen atoms in total. The zero-order valence-corrected chi connectivity index (χ0v) is 16.3. The van der Waals surface area contributed by atoms with Crippen molar-refractivity contribution in [2.45, 2.75) is 33.4 Å². The van der Waals surface area contributed by atoms with Crippen LogP contribution in [-0.4, -0.2) is 44.8 Å². The summed E-state index contributed by atoms with van der Waals surface area (Å²) in [5, 5.41) is 0. The molecule has 0 spiro atoms. The van der Waals surface area contributed by atoms with E-state index >= 15 is 0 Å². The Morgan fingerprint density at radius 1 is 1.10 bits per heavy atom. The molecule has 1 aromatic rings. The second kappa shape index (κ2) is 8.21. The lowest BCUT2D eigenvalue weighted by Crippen LogP contribution is -2.40. The van der Waals surface area contributed by atoms with Gasteiger partial charge in [-0.05, 0) is 31.5 Å². The molecule has 2 heterocycles. The highest BCUT2D eigenvalue weighted by Gasteiger charge is 2.23. The largest absolute Gasteiger partial charge is 0.465 e. The van der Waals surface area contributed by atoms with Crippen LogP contribution in [0.4, 0.5) is 0 Å². The van der Waals surface area contributed by atoms with Gasteiger partial charge in [-0.25, -0.2) is 19.1 Å². The molecule has 0 saturated heterocycles. The van der Waals surface area contributed by atoms with Crippen molar-refractivity contribution in [3.05, 3.63) is 44.6 Å². The van der Waals surface area contributed by atoms with Crippen LogP contribution in [0.5, 0.6) is 0 Å². The molecule has 0 saturated carbocycles. The first-order valence-electron chi connectivity index (χ1n) is 9.10. The molecule has 0 aliphatic carbocycles. The number of methoxy groups -OCH3 is 1. The molecule has 1 aromatic carbocycles. The van der Waals surface area contributed by atoms with E-state index in [1.165, 1.54) is 13.2 Å². The summed E-state index contributed by atoms with van der Waals surface area (Å²) in [7, 11) is 1.27. The van der Waals surface area contributed by atoms with Gasteiger partial charge in [0.1, 0.15) is 6.54 Å². The van der Waals surface area contributed by atoms with Crippen LogP contribution in [0, 0.1) is 0 Å². The van der Waals surface area contributed by atoms with E-state index < -0.39 is 29.7 Å². The smallest absolute Gasteiger partial charge is 0.353 e. The number of fused-ring (bicyclic) bond motifs is 2. The third-order valence-electron chi connectivity index (χ3n) is 4.31. The van der Waals surface area contributed by atoms with Gasteiger partial charge in [-0.3, -0.25) is 9.59 Å².